The molecule has 0 spiro atoms. The third kappa shape index (κ3) is 9.21. The van der Waals surface area contributed by atoms with Crippen LogP contribution in [0.2, 0.25) is 0 Å². The zero-order valence-electron chi connectivity index (χ0n) is 6.83. The van der Waals surface area contributed by atoms with Gasteiger partial charge >= 0.3 is 0 Å². The van der Waals surface area contributed by atoms with E-state index >= 15 is 0 Å². The highest BCUT2D eigenvalue weighted by Crippen LogP contribution is 2.27. The smallest absolute Gasteiger partial charge is 0.213 e. The Morgan fingerprint density at radius 3 is 2.33 bits per heavy atom. The Morgan fingerprint density at radius 2 is 1.92 bits per heavy atom. The van der Waals surface area contributed by atoms with E-state index in [0.29, 0.717) is 0 Å². The normalized spacial score (nSPS) is 14.8. The first kappa shape index (κ1) is 13.1. The molecule has 0 aliphatic rings. The lowest BCUT2D eigenvalue weighted by Gasteiger charge is -2.14. The summed E-state index contributed by atoms with van der Waals surface area (Å²) >= 11 is 22.1. The molecule has 0 aromatic carbocycles. The molecule has 0 amide bonds. The highest BCUT2D eigenvalue weighted by molar-refractivity contribution is 6.67. The van der Waals surface area contributed by atoms with Crippen LogP contribution >= 0.6 is 46.4 Å². The van der Waals surface area contributed by atoms with Crippen LogP contribution < -0.4 is 0 Å². The minimum Gasteiger partial charge on any atom is -0.358 e. The maximum Gasteiger partial charge on any atom is 0.213 e. The first-order chi connectivity index (χ1) is 5.45. The zero-order valence-corrected chi connectivity index (χ0v) is 9.85. The van der Waals surface area contributed by atoms with Gasteiger partial charge in [0.25, 0.3) is 0 Å². The van der Waals surface area contributed by atoms with Gasteiger partial charge in [-0.2, -0.15) is 0 Å². The van der Waals surface area contributed by atoms with Gasteiger partial charge in [0.15, 0.2) is 0 Å². The van der Waals surface area contributed by atoms with Gasteiger partial charge in [0, 0.05) is 0 Å². The fourth-order valence-corrected chi connectivity index (χ4v) is 1.04. The summed E-state index contributed by atoms with van der Waals surface area (Å²) in [4.78, 5) is 0. The van der Waals surface area contributed by atoms with Gasteiger partial charge in [-0.15, -0.1) is 0 Å². The summed E-state index contributed by atoms with van der Waals surface area (Å²) in [6.07, 6.45) is 2.90. The van der Waals surface area contributed by atoms with Crippen LogP contribution in [0, 0.1) is 0 Å². The number of ether oxygens (including phenoxy) is 1. The summed E-state index contributed by atoms with van der Waals surface area (Å²) in [7, 11) is 0. The average Bonchev–Trinajstić information content (AvgIpc) is 1.95. The molecule has 0 saturated carbocycles. The Bertz CT molecular complexity index is 112. The number of rotatable bonds is 5. The van der Waals surface area contributed by atoms with Crippen LogP contribution in [0.5, 0.6) is 0 Å². The van der Waals surface area contributed by atoms with E-state index < -0.39 is 3.79 Å². The Hall–Kier alpha value is 1.12. The van der Waals surface area contributed by atoms with E-state index in [2.05, 4.69) is 6.92 Å². The molecule has 5 heteroatoms. The summed E-state index contributed by atoms with van der Waals surface area (Å²) in [6, 6.07) is 0. The van der Waals surface area contributed by atoms with Gasteiger partial charge in [0.1, 0.15) is 5.56 Å². The van der Waals surface area contributed by atoms with E-state index in [1.165, 1.54) is 0 Å². The van der Waals surface area contributed by atoms with Crippen LogP contribution in [0.1, 0.15) is 26.2 Å². The maximum absolute atomic E-state index is 5.77. The van der Waals surface area contributed by atoms with Gasteiger partial charge in [-0.25, -0.2) is 0 Å². The third-order valence-corrected chi connectivity index (χ3v) is 1.88. The summed E-state index contributed by atoms with van der Waals surface area (Å²) in [5, 5.41) is 0. The average molecular weight is 254 g/mol. The molecule has 0 saturated heterocycles. The second kappa shape index (κ2) is 6.56. The van der Waals surface area contributed by atoms with Crippen molar-refractivity contribution in [2.45, 2.75) is 35.5 Å². The van der Waals surface area contributed by atoms with Gasteiger partial charge < -0.3 is 4.74 Å². The summed E-state index contributed by atoms with van der Waals surface area (Å²) in [5.41, 5.74) is -0.347. The van der Waals surface area contributed by atoms with Gasteiger partial charge in [-0.05, 0) is 12.8 Å². The molecule has 0 rings (SSSR count). The van der Waals surface area contributed by atoms with Crippen molar-refractivity contribution < 1.29 is 4.74 Å². The minimum atomic E-state index is -1.36. The first-order valence-electron chi connectivity index (χ1n) is 3.78. The molecule has 0 N–H and O–H groups in total. The van der Waals surface area contributed by atoms with Crippen molar-refractivity contribution in [3.05, 3.63) is 0 Å². The van der Waals surface area contributed by atoms with Crippen LogP contribution in [-0.4, -0.2) is 16.0 Å². The molecule has 1 unspecified atom stereocenters. The summed E-state index contributed by atoms with van der Waals surface area (Å²) in [6.45, 7) is 2.12. The van der Waals surface area contributed by atoms with Gasteiger partial charge in [0.2, 0.25) is 3.79 Å². The van der Waals surface area contributed by atoms with Gasteiger partial charge in [-0.1, -0.05) is 59.7 Å². The summed E-state index contributed by atoms with van der Waals surface area (Å²) in [5.74, 6) is 0. The van der Waals surface area contributed by atoms with Gasteiger partial charge in [-0.3, -0.25) is 0 Å². The molecule has 0 aliphatic carbocycles. The fourth-order valence-electron chi connectivity index (χ4n) is 0.633. The molecule has 0 bridgehead atoms. The second-order valence-electron chi connectivity index (χ2n) is 2.48. The van der Waals surface area contributed by atoms with E-state index in [9.17, 15) is 0 Å². The lowest BCUT2D eigenvalue weighted by atomic mass is 10.3. The quantitative estimate of drug-likeness (QED) is 0.670. The molecule has 0 radical (unpaired) electrons. The largest absolute Gasteiger partial charge is 0.358 e. The maximum atomic E-state index is 5.77. The van der Waals surface area contributed by atoms with E-state index in [-0.39, 0.29) is 12.2 Å². The van der Waals surface area contributed by atoms with E-state index in [4.69, 9.17) is 51.1 Å². The van der Waals surface area contributed by atoms with Crippen LogP contribution in [0.25, 0.3) is 0 Å². The highest BCUT2D eigenvalue weighted by atomic mass is 35.6. The van der Waals surface area contributed by atoms with Crippen LogP contribution in [0.3, 0.4) is 0 Å². The Morgan fingerprint density at radius 1 is 1.33 bits per heavy atom. The molecule has 1 atom stereocenters. The molecule has 0 aromatic heterocycles. The topological polar surface area (TPSA) is 9.23 Å². The molecule has 0 fully saturated rings. The van der Waals surface area contributed by atoms with Crippen molar-refractivity contribution >= 4 is 46.4 Å². The minimum absolute atomic E-state index is 0.0372. The third-order valence-electron chi connectivity index (χ3n) is 1.21. The second-order valence-corrected chi connectivity index (χ2v) is 5.48. The Labute approximate surface area is 93.3 Å². The lowest BCUT2D eigenvalue weighted by molar-refractivity contribution is 0.105. The Kier molecular flexibility index (Phi) is 7.17. The number of hydrogen-bond donors (Lipinski definition) is 0. The molecule has 0 heterocycles. The lowest BCUT2D eigenvalue weighted by Crippen LogP contribution is -2.17. The standard InChI is InChI=1S/C7H12Cl4O/c1-2-3-4-6(8)12-5-7(9,10)11/h6H,2-5H2,1H3. The van der Waals surface area contributed by atoms with Crippen LogP contribution in [0.15, 0.2) is 0 Å². The number of alkyl halides is 4. The number of unbranched alkanes of at least 4 members (excludes halogenated alkanes) is 1. The summed E-state index contributed by atoms with van der Waals surface area (Å²) < 4.78 is 3.72. The van der Waals surface area contributed by atoms with Crippen LogP contribution in [-0.2, 0) is 4.74 Å². The van der Waals surface area contributed by atoms with Crippen molar-refractivity contribution in [3.63, 3.8) is 0 Å². The molecule has 0 aromatic rings. The van der Waals surface area contributed by atoms with Crippen molar-refractivity contribution in [2.24, 2.45) is 0 Å². The van der Waals surface area contributed by atoms with E-state index in [0.717, 1.165) is 19.3 Å². The highest BCUT2D eigenvalue weighted by Gasteiger charge is 2.21. The molecule has 12 heavy (non-hydrogen) atoms. The monoisotopic (exact) mass is 252 g/mol. The SMILES string of the molecule is CCCCC(Cl)OCC(Cl)(Cl)Cl. The van der Waals surface area contributed by atoms with E-state index in [1.54, 1.807) is 0 Å². The van der Waals surface area contributed by atoms with Gasteiger partial charge in [0.05, 0.1) is 6.61 Å². The predicted molar refractivity (Wildman–Crippen MR) is 55.4 cm³/mol. The Balaban J connectivity index is 3.37. The van der Waals surface area contributed by atoms with Crippen molar-refractivity contribution in [1.82, 2.24) is 0 Å². The number of hydrogen-bond acceptors (Lipinski definition) is 1. The molecule has 0 aliphatic heterocycles. The molecule has 1 nitrogen and oxygen atoms in total. The number of halogens is 4. The molecular formula is C7H12Cl4O. The predicted octanol–water partition coefficient (Wildman–Crippen LogP) is 4.13. The van der Waals surface area contributed by atoms with Crippen molar-refractivity contribution in [3.8, 4) is 0 Å². The first-order valence-corrected chi connectivity index (χ1v) is 5.35. The van der Waals surface area contributed by atoms with Crippen molar-refractivity contribution in [1.29, 1.82) is 0 Å². The zero-order chi connectivity index (χ0) is 9.61. The van der Waals surface area contributed by atoms with E-state index in [1.807, 2.05) is 0 Å². The molecule has 74 valence electrons. The molecular weight excluding hydrogens is 242 g/mol. The van der Waals surface area contributed by atoms with Crippen LogP contribution in [0.4, 0.5) is 0 Å². The fraction of sp³-hybridized carbons (Fsp3) is 1.00. The van der Waals surface area contributed by atoms with Crippen molar-refractivity contribution in [2.75, 3.05) is 6.61 Å².